The minimum absolute atomic E-state index is 0. The average Bonchev–Trinajstić information content (AvgIpc) is 3.39. The molecule has 7 rings (SSSR count). The number of hydrogen-bond donors (Lipinski definition) is 7. The van der Waals surface area contributed by atoms with Gasteiger partial charge in [0.05, 0.1) is 7.11 Å². The third-order valence-electron chi connectivity index (χ3n) is 5.91. The molecule has 0 saturated heterocycles. The van der Waals surface area contributed by atoms with Crippen LogP contribution in [-0.2, 0) is 28.8 Å². The van der Waals surface area contributed by atoms with Gasteiger partial charge >= 0.3 is 0 Å². The predicted octanol–water partition coefficient (Wildman–Crippen LogP) is 10.8. The van der Waals surface area contributed by atoms with Gasteiger partial charge in [-0.05, 0) is 175 Å². The number of hydroxylamine groups is 2. The Morgan fingerprint density at radius 3 is 0.651 bits per heavy atom. The Labute approximate surface area is 502 Å². The molecule has 7 aromatic rings. The first-order chi connectivity index (χ1) is 38.4. The molecule has 0 unspecified atom stereocenters. The Morgan fingerprint density at radius 2 is 0.614 bits per heavy atom. The minimum atomic E-state index is -0.833. The summed E-state index contributed by atoms with van der Waals surface area (Å²) in [6, 6.07) is 39.3. The van der Waals surface area contributed by atoms with E-state index in [1.165, 1.54) is 62.0 Å². The van der Waals surface area contributed by atoms with Crippen molar-refractivity contribution in [1.29, 1.82) is 0 Å². The number of anilines is 4. The van der Waals surface area contributed by atoms with Crippen LogP contribution in [0.3, 0.4) is 0 Å². The number of nitrogen functional groups attached to an aromatic ring is 4. The van der Waals surface area contributed by atoms with Crippen LogP contribution in [0.4, 0.5) is 23.3 Å². The number of nitrogens with two attached hydrogens (primary N) is 4. The van der Waals surface area contributed by atoms with Crippen molar-refractivity contribution in [3.05, 3.63) is 188 Å². The van der Waals surface area contributed by atoms with Gasteiger partial charge in [-0.1, -0.05) is 62.7 Å². The van der Waals surface area contributed by atoms with Gasteiger partial charge in [-0.3, -0.25) is 29.4 Å². The van der Waals surface area contributed by atoms with E-state index in [4.69, 9.17) is 37.9 Å². The summed E-state index contributed by atoms with van der Waals surface area (Å²) in [5.41, 5.74) is 24.2. The number of halogens is 1. The number of carboxylic acids is 1. The Bertz CT molecular complexity index is 1960. The number of carbonyl (C=O) groups is 5. The Kier molecular flexibility index (Phi) is 85.2. The number of aromatic nitrogens is 7. The monoisotopic (exact) mass is 1180 g/mol. The first-order valence-electron chi connectivity index (χ1n) is 25.4. The van der Waals surface area contributed by atoms with E-state index in [0.717, 1.165) is 29.1 Å². The lowest BCUT2D eigenvalue weighted by atomic mass is 10.4. The largest absolute Gasteiger partial charge is 0.481 e. The summed E-state index contributed by atoms with van der Waals surface area (Å²) in [5, 5.41) is 19.4. The summed E-state index contributed by atoms with van der Waals surface area (Å²) in [5.74, 6) is 1.86. The molecule has 7 aromatic heterocycles. The van der Waals surface area contributed by atoms with Crippen LogP contribution in [0.2, 0.25) is 0 Å². The van der Waals surface area contributed by atoms with Crippen LogP contribution in [0.15, 0.2) is 171 Å². The smallest absolute Gasteiger partial charge is 0.300 e. The normalized spacial score (nSPS) is 7.92. The topological polar surface area (TPSA) is 345 Å². The number of nitrogens with zero attached hydrogens (tertiary/aromatic N) is 8. The highest BCUT2D eigenvalue weighted by Gasteiger charge is 1.95. The SMILES string of the molecule is CC(=O)O.CC(C)=O.CC(C)=O.CC(C)=O.CC(C)O.CCC.CNC.CON(C)C(C)=O.Cc1ccccn1.Cc1ccccn1.Cc1ccccn1.Cl.Nc1ccccn1.Nc1ccccn1.Nc1ccccn1.Nc1ccccn1. The summed E-state index contributed by atoms with van der Waals surface area (Å²) >= 11 is 0. The molecule has 0 bridgehead atoms. The molecule has 0 saturated carbocycles. The number of pyridine rings is 7. The molecule has 11 N–H and O–H groups in total. The number of nitrogens with one attached hydrogen (secondary N) is 1. The van der Waals surface area contributed by atoms with Crippen molar-refractivity contribution in [2.45, 2.75) is 116 Å². The number of amides is 1. The second-order valence-corrected chi connectivity index (χ2v) is 16.2. The van der Waals surface area contributed by atoms with Crippen LogP contribution in [0.25, 0.3) is 0 Å². The minimum Gasteiger partial charge on any atom is -0.481 e. The molecular weight excluding hydrogens is 1080 g/mol. The second-order valence-electron chi connectivity index (χ2n) is 16.2. The zero-order valence-corrected chi connectivity index (χ0v) is 53.4. The van der Waals surface area contributed by atoms with E-state index in [1.54, 1.807) is 88.5 Å². The second kappa shape index (κ2) is 75.4. The van der Waals surface area contributed by atoms with Crippen LogP contribution in [0.1, 0.15) is 107 Å². The van der Waals surface area contributed by atoms with Crippen molar-refractivity contribution >= 4 is 64.9 Å². The molecule has 83 heavy (non-hydrogen) atoms. The van der Waals surface area contributed by atoms with Crippen molar-refractivity contribution in [3.8, 4) is 0 Å². The average molecular weight is 1180 g/mol. The first-order valence-corrected chi connectivity index (χ1v) is 25.4. The van der Waals surface area contributed by atoms with E-state index >= 15 is 0 Å². The third-order valence-corrected chi connectivity index (χ3v) is 5.91. The summed E-state index contributed by atoms with van der Waals surface area (Å²) in [4.78, 5) is 79.0. The zero-order chi connectivity index (χ0) is 65.0. The molecule has 1 amide bonds. The lowest BCUT2D eigenvalue weighted by Crippen LogP contribution is -2.21. The van der Waals surface area contributed by atoms with Crippen molar-refractivity contribution in [2.75, 3.05) is 51.2 Å². The molecule has 0 aliphatic heterocycles. The maximum atomic E-state index is 10.2. The molecule has 0 aliphatic rings. The molecule has 7 heterocycles. The zero-order valence-electron chi connectivity index (χ0n) is 52.6. The maximum absolute atomic E-state index is 10.2. The molecule has 21 nitrogen and oxygen atoms in total. The van der Waals surface area contributed by atoms with E-state index in [-0.39, 0.29) is 41.8 Å². The number of carbonyl (C=O) groups excluding carboxylic acids is 4. The highest BCUT2D eigenvalue weighted by Crippen LogP contribution is 1.92. The molecule has 0 aromatic carbocycles. The number of aliphatic hydroxyl groups excluding tert-OH is 1. The molecule has 0 radical (unpaired) electrons. The maximum Gasteiger partial charge on any atom is 0.300 e. The number of hydrogen-bond acceptors (Lipinski definition) is 19. The van der Waals surface area contributed by atoms with Gasteiger partial charge in [0.15, 0.2) is 0 Å². The summed E-state index contributed by atoms with van der Waals surface area (Å²) in [6.45, 7) is 25.3. The number of aliphatic carboxylic acids is 1. The van der Waals surface area contributed by atoms with Gasteiger partial charge in [0.25, 0.3) is 5.97 Å². The first kappa shape index (κ1) is 93.7. The van der Waals surface area contributed by atoms with Crippen molar-refractivity contribution in [2.24, 2.45) is 0 Å². The van der Waals surface area contributed by atoms with Crippen LogP contribution in [0.5, 0.6) is 0 Å². The molecule has 0 atom stereocenters. The van der Waals surface area contributed by atoms with Gasteiger partial charge in [-0.15, -0.1) is 12.4 Å². The van der Waals surface area contributed by atoms with Crippen molar-refractivity contribution < 1.29 is 39.0 Å². The van der Waals surface area contributed by atoms with Gasteiger partial charge in [0.1, 0.15) is 40.6 Å². The Morgan fingerprint density at radius 1 is 0.470 bits per heavy atom. The van der Waals surface area contributed by atoms with E-state index in [2.05, 4.69) is 58.9 Å². The summed E-state index contributed by atoms with van der Waals surface area (Å²) < 4.78 is 0. The van der Waals surface area contributed by atoms with E-state index < -0.39 is 5.97 Å². The van der Waals surface area contributed by atoms with E-state index in [9.17, 15) is 19.2 Å². The fourth-order valence-corrected chi connectivity index (χ4v) is 2.98. The quantitative estimate of drug-likeness (QED) is 0.0751. The number of aliphatic hydroxyl groups is 1. The molecule has 464 valence electrons. The number of ketones is 3. The fraction of sp³-hybridized carbons (Fsp3) is 0.344. The third kappa shape index (κ3) is 131. The number of Topliss-reactive ketones (excluding diaryl/α,β-unsaturated/α-hetero) is 3. The Hall–Kier alpha value is -8.63. The summed E-state index contributed by atoms with van der Waals surface area (Å²) in [6.07, 6.45) is 13.1. The van der Waals surface area contributed by atoms with Gasteiger partial charge in [0, 0.05) is 87.5 Å². The molecule has 0 spiro atoms. The van der Waals surface area contributed by atoms with Gasteiger partial charge in [-0.2, -0.15) is 0 Å². The van der Waals surface area contributed by atoms with Gasteiger partial charge < -0.3 is 52.8 Å². The highest BCUT2D eigenvalue weighted by atomic mass is 35.5. The van der Waals surface area contributed by atoms with Crippen LogP contribution >= 0.6 is 12.4 Å². The molecule has 0 fully saturated rings. The molecule has 0 aliphatic carbocycles. The van der Waals surface area contributed by atoms with Gasteiger partial charge in [0.2, 0.25) is 5.91 Å². The van der Waals surface area contributed by atoms with Crippen molar-refractivity contribution in [1.82, 2.24) is 45.3 Å². The lowest BCUT2D eigenvalue weighted by Gasteiger charge is -2.08. The predicted molar refractivity (Wildman–Crippen MR) is 345 cm³/mol. The lowest BCUT2D eigenvalue weighted by molar-refractivity contribution is -0.165. The highest BCUT2D eigenvalue weighted by molar-refractivity contribution is 5.85. The Balaban J connectivity index is -0.000000102. The summed E-state index contributed by atoms with van der Waals surface area (Å²) in [7, 11) is 6.75. The van der Waals surface area contributed by atoms with Crippen LogP contribution in [0, 0.1) is 20.8 Å². The fourth-order valence-electron chi connectivity index (χ4n) is 2.98. The molecular formula is C61H100ClN13O8. The number of aryl methyl sites for hydroxylation is 3. The van der Waals surface area contributed by atoms with Crippen LogP contribution in [-0.4, -0.2) is 114 Å². The van der Waals surface area contributed by atoms with E-state index in [0.29, 0.717) is 23.3 Å². The number of carboxylic acid groups (broad SMARTS) is 1. The van der Waals surface area contributed by atoms with Crippen molar-refractivity contribution in [3.63, 3.8) is 0 Å². The van der Waals surface area contributed by atoms with Gasteiger partial charge in [-0.25, -0.2) is 25.0 Å². The number of rotatable bonds is 1. The van der Waals surface area contributed by atoms with Crippen LogP contribution < -0.4 is 28.3 Å². The molecule has 22 heteroatoms. The standard InChI is InChI=1S/3C6H7N.4C5H6N2.C4H9NO2.C3H8O.3C3H6O.C3H8.C2H7N.C2H4O2.ClH/c3*1-6-4-2-3-5-7-6;4*6-5-3-1-2-4-7-5;1-4(6)5(2)7-3;4*1-3(2)4;2*1-3-2;1-2(3)4;/h3*2-5H,1H3;4*1-4H,(H2,6,7);1-3H3;3-4H,1-2H3;3*1-2H3;3H2,1-2H3;3H,1-2H3;1H3,(H,3,4);1H. The van der Waals surface area contributed by atoms with E-state index in [1.807, 2.05) is 138 Å².